The van der Waals surface area contributed by atoms with E-state index in [1.165, 1.54) is 0 Å². The largest absolute Gasteiger partial charge is 0.441 e. The average Bonchev–Trinajstić information content (AvgIpc) is 3.04. The van der Waals surface area contributed by atoms with Crippen LogP contribution in [0.4, 0.5) is 0 Å². The zero-order chi connectivity index (χ0) is 13.9. The van der Waals surface area contributed by atoms with Crippen molar-refractivity contribution in [2.45, 2.75) is 32.3 Å². The van der Waals surface area contributed by atoms with Gasteiger partial charge in [0.2, 0.25) is 5.91 Å². The van der Waals surface area contributed by atoms with Crippen molar-refractivity contribution in [1.82, 2.24) is 10.3 Å². The zero-order valence-corrected chi connectivity index (χ0v) is 11.5. The number of amides is 1. The predicted octanol–water partition coefficient (Wildman–Crippen LogP) is 1.97. The SMILES string of the molecule is Cc1nc2ccc(CC(=O)NCC3CCCO3)cc2o1. The minimum Gasteiger partial charge on any atom is -0.441 e. The summed E-state index contributed by atoms with van der Waals surface area (Å²) in [6.45, 7) is 3.22. The Morgan fingerprint density at radius 1 is 1.50 bits per heavy atom. The molecule has 5 heteroatoms. The highest BCUT2D eigenvalue weighted by molar-refractivity contribution is 5.81. The van der Waals surface area contributed by atoms with Gasteiger partial charge >= 0.3 is 0 Å². The fourth-order valence-corrected chi connectivity index (χ4v) is 2.48. The number of hydrogen-bond acceptors (Lipinski definition) is 4. The summed E-state index contributed by atoms with van der Waals surface area (Å²) in [6.07, 6.45) is 2.65. The summed E-state index contributed by atoms with van der Waals surface area (Å²) in [5.74, 6) is 0.649. The number of nitrogens with one attached hydrogen (secondary N) is 1. The molecular formula is C15H18N2O3. The highest BCUT2D eigenvalue weighted by atomic mass is 16.5. The Hall–Kier alpha value is -1.88. The van der Waals surface area contributed by atoms with Crippen LogP contribution in [0.2, 0.25) is 0 Å². The Labute approximate surface area is 117 Å². The van der Waals surface area contributed by atoms with Crippen LogP contribution in [0.1, 0.15) is 24.3 Å². The minimum absolute atomic E-state index is 0.0103. The van der Waals surface area contributed by atoms with E-state index in [0.29, 0.717) is 18.9 Å². The molecule has 1 aliphatic heterocycles. The second-order valence-electron chi connectivity index (χ2n) is 5.15. The third-order valence-electron chi connectivity index (χ3n) is 3.48. The van der Waals surface area contributed by atoms with Crippen molar-refractivity contribution in [1.29, 1.82) is 0 Å². The Kier molecular flexibility index (Phi) is 3.69. The molecule has 1 N–H and O–H groups in total. The van der Waals surface area contributed by atoms with E-state index in [1.54, 1.807) is 0 Å². The number of rotatable bonds is 4. The predicted molar refractivity (Wildman–Crippen MR) is 74.4 cm³/mol. The molecule has 5 nitrogen and oxygen atoms in total. The number of aryl methyl sites for hydroxylation is 1. The van der Waals surface area contributed by atoms with Gasteiger partial charge in [-0.1, -0.05) is 6.07 Å². The third-order valence-corrected chi connectivity index (χ3v) is 3.48. The lowest BCUT2D eigenvalue weighted by Gasteiger charge is -2.10. The molecule has 1 aromatic carbocycles. The number of carbonyl (C=O) groups is 1. The van der Waals surface area contributed by atoms with Crippen LogP contribution in [-0.2, 0) is 16.0 Å². The smallest absolute Gasteiger partial charge is 0.224 e. The number of ether oxygens (including phenoxy) is 1. The first-order valence-electron chi connectivity index (χ1n) is 6.95. The molecule has 2 aromatic rings. The molecular weight excluding hydrogens is 256 g/mol. The summed E-state index contributed by atoms with van der Waals surface area (Å²) in [6, 6.07) is 5.67. The summed E-state index contributed by atoms with van der Waals surface area (Å²) in [4.78, 5) is 16.1. The van der Waals surface area contributed by atoms with Crippen molar-refractivity contribution < 1.29 is 13.9 Å². The number of oxazole rings is 1. The van der Waals surface area contributed by atoms with Gasteiger partial charge < -0.3 is 14.5 Å². The molecule has 1 saturated heterocycles. The lowest BCUT2D eigenvalue weighted by molar-refractivity contribution is -0.120. The molecule has 1 aliphatic rings. The van der Waals surface area contributed by atoms with Crippen LogP contribution >= 0.6 is 0 Å². The topological polar surface area (TPSA) is 64.4 Å². The molecule has 20 heavy (non-hydrogen) atoms. The Morgan fingerprint density at radius 2 is 2.40 bits per heavy atom. The van der Waals surface area contributed by atoms with Crippen LogP contribution in [-0.4, -0.2) is 30.1 Å². The molecule has 0 spiro atoms. The van der Waals surface area contributed by atoms with Crippen LogP contribution in [0, 0.1) is 6.92 Å². The van der Waals surface area contributed by atoms with Gasteiger partial charge in [0.15, 0.2) is 11.5 Å². The van der Waals surface area contributed by atoms with Crippen molar-refractivity contribution in [3.8, 4) is 0 Å². The highest BCUT2D eigenvalue weighted by Gasteiger charge is 2.16. The quantitative estimate of drug-likeness (QED) is 0.925. The number of carbonyl (C=O) groups excluding carboxylic acids is 1. The number of benzene rings is 1. The molecule has 1 aromatic heterocycles. The van der Waals surface area contributed by atoms with Gasteiger partial charge in [0, 0.05) is 20.1 Å². The van der Waals surface area contributed by atoms with E-state index in [4.69, 9.17) is 9.15 Å². The second kappa shape index (κ2) is 5.63. The van der Waals surface area contributed by atoms with Crippen molar-refractivity contribution in [2.24, 2.45) is 0 Å². The van der Waals surface area contributed by atoms with Crippen molar-refractivity contribution >= 4 is 17.0 Å². The summed E-state index contributed by atoms with van der Waals surface area (Å²) >= 11 is 0. The van der Waals surface area contributed by atoms with Gasteiger partial charge in [-0.15, -0.1) is 0 Å². The van der Waals surface area contributed by atoms with Crippen molar-refractivity contribution in [3.05, 3.63) is 29.7 Å². The van der Waals surface area contributed by atoms with E-state index in [9.17, 15) is 4.79 Å². The van der Waals surface area contributed by atoms with Gasteiger partial charge in [-0.05, 0) is 30.5 Å². The van der Waals surface area contributed by atoms with Crippen molar-refractivity contribution in [2.75, 3.05) is 13.2 Å². The monoisotopic (exact) mass is 274 g/mol. The number of aromatic nitrogens is 1. The molecule has 0 aliphatic carbocycles. The molecule has 0 radical (unpaired) electrons. The van der Waals surface area contributed by atoms with E-state index >= 15 is 0 Å². The summed E-state index contributed by atoms with van der Waals surface area (Å²) in [5, 5.41) is 2.92. The first-order valence-corrected chi connectivity index (χ1v) is 6.95. The Morgan fingerprint density at radius 3 is 3.20 bits per heavy atom. The number of fused-ring (bicyclic) bond motifs is 1. The average molecular weight is 274 g/mol. The van der Waals surface area contributed by atoms with Crippen LogP contribution in [0.3, 0.4) is 0 Å². The molecule has 1 fully saturated rings. The maximum atomic E-state index is 11.9. The lowest BCUT2D eigenvalue weighted by Crippen LogP contribution is -2.32. The molecule has 1 unspecified atom stereocenters. The maximum absolute atomic E-state index is 11.9. The molecule has 0 saturated carbocycles. The standard InChI is InChI=1S/C15H18N2O3/c1-10-17-13-5-4-11(7-14(13)20-10)8-15(18)16-9-12-3-2-6-19-12/h4-5,7,12H,2-3,6,8-9H2,1H3,(H,16,18). The fourth-order valence-electron chi connectivity index (χ4n) is 2.48. The number of hydrogen-bond donors (Lipinski definition) is 1. The Bertz CT molecular complexity index is 615. The summed E-state index contributed by atoms with van der Waals surface area (Å²) in [5.41, 5.74) is 2.48. The van der Waals surface area contributed by atoms with Gasteiger partial charge in [-0.2, -0.15) is 0 Å². The van der Waals surface area contributed by atoms with E-state index in [2.05, 4.69) is 10.3 Å². The molecule has 0 bridgehead atoms. The highest BCUT2D eigenvalue weighted by Crippen LogP contribution is 2.17. The molecule has 1 atom stereocenters. The minimum atomic E-state index is 0.0103. The molecule has 106 valence electrons. The molecule has 1 amide bonds. The molecule has 2 heterocycles. The summed E-state index contributed by atoms with van der Waals surface area (Å²) < 4.78 is 10.9. The van der Waals surface area contributed by atoms with Gasteiger partial charge in [0.05, 0.1) is 12.5 Å². The number of nitrogens with zero attached hydrogens (tertiary/aromatic N) is 1. The maximum Gasteiger partial charge on any atom is 0.224 e. The second-order valence-corrected chi connectivity index (χ2v) is 5.15. The fraction of sp³-hybridized carbons (Fsp3) is 0.467. The zero-order valence-electron chi connectivity index (χ0n) is 11.5. The lowest BCUT2D eigenvalue weighted by atomic mass is 10.1. The van der Waals surface area contributed by atoms with E-state index in [0.717, 1.165) is 36.1 Å². The normalized spacial score (nSPS) is 18.6. The van der Waals surface area contributed by atoms with E-state index < -0.39 is 0 Å². The third kappa shape index (κ3) is 2.99. The first-order chi connectivity index (χ1) is 9.70. The first kappa shape index (κ1) is 13.1. The van der Waals surface area contributed by atoms with E-state index in [1.807, 2.05) is 25.1 Å². The van der Waals surface area contributed by atoms with E-state index in [-0.39, 0.29) is 12.0 Å². The van der Waals surface area contributed by atoms with Crippen molar-refractivity contribution in [3.63, 3.8) is 0 Å². The van der Waals surface area contributed by atoms with Gasteiger partial charge in [-0.25, -0.2) is 4.98 Å². The van der Waals surface area contributed by atoms with Crippen LogP contribution in [0.15, 0.2) is 22.6 Å². The van der Waals surface area contributed by atoms with Gasteiger partial charge in [0.1, 0.15) is 5.52 Å². The van der Waals surface area contributed by atoms with Crippen LogP contribution in [0.5, 0.6) is 0 Å². The van der Waals surface area contributed by atoms with Crippen LogP contribution in [0.25, 0.3) is 11.1 Å². The summed E-state index contributed by atoms with van der Waals surface area (Å²) in [7, 11) is 0. The Balaban J connectivity index is 1.58. The van der Waals surface area contributed by atoms with Gasteiger partial charge in [-0.3, -0.25) is 4.79 Å². The molecule has 3 rings (SSSR count). The van der Waals surface area contributed by atoms with Crippen LogP contribution < -0.4 is 5.32 Å². The van der Waals surface area contributed by atoms with Gasteiger partial charge in [0.25, 0.3) is 0 Å².